The molecule has 2 heterocycles. The van der Waals surface area contributed by atoms with E-state index in [0.717, 1.165) is 6.26 Å². The van der Waals surface area contributed by atoms with Gasteiger partial charge in [-0.05, 0) is 36.8 Å². The minimum Gasteiger partial charge on any atom is -0.459 e. The van der Waals surface area contributed by atoms with Gasteiger partial charge in [-0.1, -0.05) is 6.07 Å². The monoisotopic (exact) mass is 376 g/mol. The van der Waals surface area contributed by atoms with Gasteiger partial charge in [-0.2, -0.15) is 0 Å². The van der Waals surface area contributed by atoms with E-state index in [0.29, 0.717) is 38.2 Å². The van der Waals surface area contributed by atoms with Crippen molar-refractivity contribution in [3.05, 3.63) is 54.0 Å². The van der Waals surface area contributed by atoms with Crippen molar-refractivity contribution in [1.82, 2.24) is 9.80 Å². The van der Waals surface area contributed by atoms with Crippen LogP contribution >= 0.6 is 0 Å². The third-order valence-electron chi connectivity index (χ3n) is 4.31. The number of carbonyl (C=O) groups excluding carboxylic acids is 2. The third-order valence-corrected chi connectivity index (χ3v) is 5.42. The lowest BCUT2D eigenvalue weighted by atomic mass is 10.2. The molecule has 0 spiro atoms. The van der Waals surface area contributed by atoms with Crippen molar-refractivity contribution in [2.45, 2.75) is 11.3 Å². The molecular formula is C18H20N2O5S. The first-order valence-corrected chi connectivity index (χ1v) is 10.2. The highest BCUT2D eigenvalue weighted by atomic mass is 32.2. The SMILES string of the molecule is CS(=O)(=O)c1cccc(C(=O)N2CCCN(C(=O)c3ccco3)CC2)c1. The molecule has 1 fully saturated rings. The molecule has 0 bridgehead atoms. The summed E-state index contributed by atoms with van der Waals surface area (Å²) in [5, 5.41) is 0. The lowest BCUT2D eigenvalue weighted by Crippen LogP contribution is -2.37. The second-order valence-electron chi connectivity index (χ2n) is 6.22. The molecule has 2 aromatic rings. The van der Waals surface area contributed by atoms with E-state index in [1.165, 1.54) is 18.4 Å². The molecule has 138 valence electrons. The first kappa shape index (κ1) is 18.2. The fourth-order valence-corrected chi connectivity index (χ4v) is 3.59. The molecular weight excluding hydrogens is 356 g/mol. The maximum absolute atomic E-state index is 12.7. The van der Waals surface area contributed by atoms with Crippen molar-refractivity contribution in [3.8, 4) is 0 Å². The van der Waals surface area contributed by atoms with E-state index < -0.39 is 9.84 Å². The zero-order chi connectivity index (χ0) is 18.7. The summed E-state index contributed by atoms with van der Waals surface area (Å²) in [6.45, 7) is 1.82. The summed E-state index contributed by atoms with van der Waals surface area (Å²) in [5.41, 5.74) is 0.332. The van der Waals surface area contributed by atoms with Crippen LogP contribution < -0.4 is 0 Å². The Balaban J connectivity index is 1.71. The molecule has 1 aromatic carbocycles. The average Bonchev–Trinajstić information content (AvgIpc) is 3.04. The van der Waals surface area contributed by atoms with Crippen LogP contribution in [0.25, 0.3) is 0 Å². The van der Waals surface area contributed by atoms with Crippen molar-refractivity contribution in [3.63, 3.8) is 0 Å². The van der Waals surface area contributed by atoms with Gasteiger partial charge in [0.25, 0.3) is 11.8 Å². The number of nitrogens with zero attached hydrogens (tertiary/aromatic N) is 2. The molecule has 0 unspecified atom stereocenters. The summed E-state index contributed by atoms with van der Waals surface area (Å²) < 4.78 is 28.5. The molecule has 3 rings (SSSR count). The van der Waals surface area contributed by atoms with Gasteiger partial charge in [0.15, 0.2) is 15.6 Å². The molecule has 1 aromatic heterocycles. The minimum absolute atomic E-state index is 0.118. The molecule has 0 N–H and O–H groups in total. The molecule has 0 aliphatic carbocycles. The zero-order valence-electron chi connectivity index (χ0n) is 14.4. The first-order valence-electron chi connectivity index (χ1n) is 8.28. The Morgan fingerprint density at radius 1 is 0.962 bits per heavy atom. The molecule has 0 atom stereocenters. The fourth-order valence-electron chi connectivity index (χ4n) is 2.92. The van der Waals surface area contributed by atoms with Crippen molar-refractivity contribution in [1.29, 1.82) is 0 Å². The zero-order valence-corrected chi connectivity index (χ0v) is 15.2. The summed E-state index contributed by atoms with van der Waals surface area (Å²) in [7, 11) is -3.38. The second kappa shape index (κ2) is 7.33. The topological polar surface area (TPSA) is 87.9 Å². The fraction of sp³-hybridized carbons (Fsp3) is 0.333. The molecule has 7 nitrogen and oxygen atoms in total. The van der Waals surface area contributed by atoms with Gasteiger partial charge in [-0.15, -0.1) is 0 Å². The Morgan fingerprint density at radius 3 is 2.27 bits per heavy atom. The van der Waals surface area contributed by atoms with E-state index in [1.807, 2.05) is 0 Å². The largest absolute Gasteiger partial charge is 0.459 e. The van der Waals surface area contributed by atoms with Crippen LogP contribution in [0.5, 0.6) is 0 Å². The van der Waals surface area contributed by atoms with Crippen LogP contribution in [0.2, 0.25) is 0 Å². The highest BCUT2D eigenvalue weighted by molar-refractivity contribution is 7.90. The van der Waals surface area contributed by atoms with Crippen LogP contribution in [-0.4, -0.2) is 62.5 Å². The molecule has 2 amide bonds. The maximum Gasteiger partial charge on any atom is 0.289 e. The summed E-state index contributed by atoms with van der Waals surface area (Å²) in [5.74, 6) is -0.142. The Hall–Kier alpha value is -2.61. The van der Waals surface area contributed by atoms with Gasteiger partial charge in [0.2, 0.25) is 0 Å². The predicted octanol–water partition coefficient (Wildman–Crippen LogP) is 1.67. The maximum atomic E-state index is 12.7. The highest BCUT2D eigenvalue weighted by Crippen LogP contribution is 2.15. The number of rotatable bonds is 3. The van der Waals surface area contributed by atoms with Crippen LogP contribution in [0.15, 0.2) is 52.0 Å². The predicted molar refractivity (Wildman–Crippen MR) is 94.7 cm³/mol. The number of amides is 2. The first-order chi connectivity index (χ1) is 12.4. The van der Waals surface area contributed by atoms with E-state index in [9.17, 15) is 18.0 Å². The van der Waals surface area contributed by atoms with E-state index in [1.54, 1.807) is 34.1 Å². The van der Waals surface area contributed by atoms with Gasteiger partial charge in [0.05, 0.1) is 11.2 Å². The number of hydrogen-bond donors (Lipinski definition) is 0. The van der Waals surface area contributed by atoms with Crippen molar-refractivity contribution in [2.75, 3.05) is 32.4 Å². The van der Waals surface area contributed by atoms with Crippen LogP contribution in [0.4, 0.5) is 0 Å². The molecule has 1 aliphatic rings. The van der Waals surface area contributed by atoms with Gasteiger partial charge in [-0.3, -0.25) is 9.59 Å². The van der Waals surface area contributed by atoms with Gasteiger partial charge in [0.1, 0.15) is 0 Å². The van der Waals surface area contributed by atoms with Crippen LogP contribution in [-0.2, 0) is 9.84 Å². The summed E-state index contributed by atoms with van der Waals surface area (Å²) >= 11 is 0. The van der Waals surface area contributed by atoms with E-state index in [-0.39, 0.29) is 22.5 Å². The highest BCUT2D eigenvalue weighted by Gasteiger charge is 2.25. The third kappa shape index (κ3) is 3.96. The standard InChI is InChI=1S/C18H20N2O5S/c1-26(23,24)15-6-2-5-14(13-15)17(21)19-8-4-9-20(11-10-19)18(22)16-7-3-12-25-16/h2-3,5-7,12-13H,4,8-11H2,1H3. The summed E-state index contributed by atoms with van der Waals surface area (Å²) in [6, 6.07) is 9.32. The summed E-state index contributed by atoms with van der Waals surface area (Å²) in [4.78, 5) is 28.6. The van der Waals surface area contributed by atoms with Crippen LogP contribution in [0, 0.1) is 0 Å². The summed E-state index contributed by atoms with van der Waals surface area (Å²) in [6.07, 6.45) is 3.21. The van der Waals surface area contributed by atoms with Crippen LogP contribution in [0.3, 0.4) is 0 Å². The Morgan fingerprint density at radius 2 is 1.65 bits per heavy atom. The number of benzene rings is 1. The van der Waals surface area contributed by atoms with Gasteiger partial charge in [0, 0.05) is 38.0 Å². The van der Waals surface area contributed by atoms with Crippen molar-refractivity contribution < 1.29 is 22.4 Å². The molecule has 26 heavy (non-hydrogen) atoms. The Bertz CT molecular complexity index is 905. The van der Waals surface area contributed by atoms with Gasteiger partial charge in [-0.25, -0.2) is 8.42 Å². The number of carbonyl (C=O) groups is 2. The van der Waals surface area contributed by atoms with E-state index in [4.69, 9.17) is 4.42 Å². The lowest BCUT2D eigenvalue weighted by molar-refractivity contribution is 0.0700. The van der Waals surface area contributed by atoms with E-state index >= 15 is 0 Å². The quantitative estimate of drug-likeness (QED) is 0.813. The average molecular weight is 376 g/mol. The van der Waals surface area contributed by atoms with Gasteiger partial charge >= 0.3 is 0 Å². The second-order valence-corrected chi connectivity index (χ2v) is 8.23. The Labute approximate surface area is 152 Å². The number of sulfone groups is 1. The van der Waals surface area contributed by atoms with Gasteiger partial charge < -0.3 is 14.2 Å². The number of furan rings is 1. The normalized spacial score (nSPS) is 15.6. The van der Waals surface area contributed by atoms with Crippen molar-refractivity contribution in [2.24, 2.45) is 0 Å². The Kier molecular flexibility index (Phi) is 5.13. The van der Waals surface area contributed by atoms with Crippen molar-refractivity contribution >= 4 is 21.7 Å². The molecule has 1 saturated heterocycles. The van der Waals surface area contributed by atoms with Crippen LogP contribution in [0.1, 0.15) is 27.3 Å². The lowest BCUT2D eigenvalue weighted by Gasteiger charge is -2.22. The molecule has 1 aliphatic heterocycles. The molecule has 0 saturated carbocycles. The smallest absolute Gasteiger partial charge is 0.289 e. The number of hydrogen-bond acceptors (Lipinski definition) is 5. The molecule has 0 radical (unpaired) electrons. The minimum atomic E-state index is -3.38. The van der Waals surface area contributed by atoms with E-state index in [2.05, 4.69) is 0 Å². The molecule has 8 heteroatoms.